The van der Waals surface area contributed by atoms with Gasteiger partial charge in [0.1, 0.15) is 5.82 Å². The van der Waals surface area contributed by atoms with Crippen LogP contribution in [-0.4, -0.2) is 29.1 Å². The zero-order valence-electron chi connectivity index (χ0n) is 9.43. The minimum Gasteiger partial charge on any atom is -0.384 e. The van der Waals surface area contributed by atoms with Crippen molar-refractivity contribution in [2.75, 3.05) is 5.73 Å². The molecule has 2 saturated heterocycles. The van der Waals surface area contributed by atoms with Gasteiger partial charge < -0.3 is 15.8 Å². The highest BCUT2D eigenvalue weighted by Crippen LogP contribution is 2.34. The van der Waals surface area contributed by atoms with Crippen molar-refractivity contribution in [3.05, 3.63) is 23.9 Å². The number of aromatic nitrogens is 1. The van der Waals surface area contributed by atoms with Crippen LogP contribution in [0.4, 0.5) is 5.82 Å². The van der Waals surface area contributed by atoms with Crippen LogP contribution >= 0.6 is 0 Å². The van der Waals surface area contributed by atoms with E-state index >= 15 is 0 Å². The lowest BCUT2D eigenvalue weighted by molar-refractivity contribution is 0.0840. The maximum atomic E-state index is 11.9. The number of carbonyl (C=O) groups excluding carboxylic acids is 1. The largest absolute Gasteiger partial charge is 0.384 e. The molecular formula is C12H15N3O2. The van der Waals surface area contributed by atoms with Crippen molar-refractivity contribution in [2.24, 2.45) is 0 Å². The van der Waals surface area contributed by atoms with Gasteiger partial charge in [0.25, 0.3) is 5.91 Å². The van der Waals surface area contributed by atoms with Gasteiger partial charge >= 0.3 is 0 Å². The number of amides is 1. The molecule has 0 saturated carbocycles. The molecule has 0 radical (unpaired) electrons. The third-order valence-corrected chi connectivity index (χ3v) is 3.47. The second kappa shape index (κ2) is 4.00. The number of anilines is 1. The van der Waals surface area contributed by atoms with E-state index in [1.54, 1.807) is 12.1 Å². The van der Waals surface area contributed by atoms with Crippen LogP contribution in [-0.2, 0) is 4.74 Å². The molecule has 0 spiro atoms. The first-order valence-electron chi connectivity index (χ1n) is 5.90. The third-order valence-electron chi connectivity index (χ3n) is 3.47. The van der Waals surface area contributed by atoms with Gasteiger partial charge in [-0.25, -0.2) is 4.98 Å². The fourth-order valence-corrected chi connectivity index (χ4v) is 2.58. The smallest absolute Gasteiger partial charge is 0.253 e. The normalized spacial score (nSPS) is 30.5. The Labute approximate surface area is 99.4 Å². The van der Waals surface area contributed by atoms with Crippen molar-refractivity contribution in [1.82, 2.24) is 10.3 Å². The van der Waals surface area contributed by atoms with E-state index in [1.165, 1.54) is 6.20 Å². The first-order valence-corrected chi connectivity index (χ1v) is 5.90. The Morgan fingerprint density at radius 1 is 1.47 bits per heavy atom. The van der Waals surface area contributed by atoms with Crippen molar-refractivity contribution >= 4 is 11.7 Å². The van der Waals surface area contributed by atoms with Crippen molar-refractivity contribution in [3.8, 4) is 0 Å². The topological polar surface area (TPSA) is 77.2 Å². The van der Waals surface area contributed by atoms with E-state index in [1.807, 2.05) is 0 Å². The van der Waals surface area contributed by atoms with E-state index in [2.05, 4.69) is 10.3 Å². The molecule has 2 aliphatic heterocycles. The van der Waals surface area contributed by atoms with E-state index in [9.17, 15) is 4.79 Å². The van der Waals surface area contributed by atoms with Gasteiger partial charge in [0.05, 0.1) is 23.8 Å². The number of nitrogens with one attached hydrogen (secondary N) is 1. The van der Waals surface area contributed by atoms with Crippen molar-refractivity contribution in [2.45, 2.75) is 37.5 Å². The van der Waals surface area contributed by atoms with E-state index in [0.29, 0.717) is 17.5 Å². The molecule has 3 N–H and O–H groups in total. The Morgan fingerprint density at radius 3 is 2.94 bits per heavy atom. The van der Waals surface area contributed by atoms with Crippen LogP contribution in [0.3, 0.4) is 0 Å². The number of nitrogens with two attached hydrogens (primary N) is 1. The molecule has 1 aromatic heterocycles. The van der Waals surface area contributed by atoms with Crippen molar-refractivity contribution in [3.63, 3.8) is 0 Å². The number of hydrogen-bond acceptors (Lipinski definition) is 4. The highest BCUT2D eigenvalue weighted by molar-refractivity contribution is 5.94. The molecule has 2 aliphatic rings. The zero-order valence-corrected chi connectivity index (χ0v) is 9.43. The minimum absolute atomic E-state index is 0.0985. The van der Waals surface area contributed by atoms with Crippen LogP contribution in [0.2, 0.25) is 0 Å². The lowest BCUT2D eigenvalue weighted by Crippen LogP contribution is -2.41. The molecule has 17 heavy (non-hydrogen) atoms. The highest BCUT2D eigenvalue weighted by atomic mass is 16.5. The average Bonchev–Trinajstić information content (AvgIpc) is 2.91. The monoisotopic (exact) mass is 233 g/mol. The second-order valence-corrected chi connectivity index (χ2v) is 4.66. The number of pyridine rings is 1. The summed E-state index contributed by atoms with van der Waals surface area (Å²) >= 11 is 0. The number of ether oxygens (including phenoxy) is 1. The molecule has 0 aromatic carbocycles. The molecule has 3 unspecified atom stereocenters. The molecule has 3 rings (SSSR count). The highest BCUT2D eigenvalue weighted by Gasteiger charge is 2.41. The molecular weight excluding hydrogens is 218 g/mol. The minimum atomic E-state index is -0.0985. The fourth-order valence-electron chi connectivity index (χ4n) is 2.58. The molecule has 5 heteroatoms. The van der Waals surface area contributed by atoms with Crippen LogP contribution in [0.5, 0.6) is 0 Å². The Balaban J connectivity index is 1.65. The number of carbonyl (C=O) groups is 1. The summed E-state index contributed by atoms with van der Waals surface area (Å²) < 4.78 is 5.69. The maximum Gasteiger partial charge on any atom is 0.253 e. The van der Waals surface area contributed by atoms with E-state index < -0.39 is 0 Å². The summed E-state index contributed by atoms with van der Waals surface area (Å²) in [5.41, 5.74) is 6.02. The van der Waals surface area contributed by atoms with Crippen molar-refractivity contribution < 1.29 is 9.53 Å². The predicted molar refractivity (Wildman–Crippen MR) is 62.4 cm³/mol. The summed E-state index contributed by atoms with van der Waals surface area (Å²) in [7, 11) is 0. The van der Waals surface area contributed by atoms with Crippen LogP contribution in [0.1, 0.15) is 29.6 Å². The van der Waals surface area contributed by atoms with Gasteiger partial charge in [0, 0.05) is 6.20 Å². The van der Waals surface area contributed by atoms with Gasteiger partial charge in [-0.2, -0.15) is 0 Å². The van der Waals surface area contributed by atoms with Crippen LogP contribution in [0.15, 0.2) is 18.3 Å². The molecule has 1 amide bonds. The first kappa shape index (κ1) is 10.5. The molecule has 3 heterocycles. The quantitative estimate of drug-likeness (QED) is 0.788. The molecule has 0 aliphatic carbocycles. The molecule has 90 valence electrons. The molecule has 1 aromatic rings. The Morgan fingerprint density at radius 2 is 2.35 bits per heavy atom. The summed E-state index contributed by atoms with van der Waals surface area (Å²) in [6.07, 6.45) is 5.15. The van der Waals surface area contributed by atoms with Crippen LogP contribution in [0, 0.1) is 0 Å². The molecule has 2 bridgehead atoms. The standard InChI is InChI=1S/C12H15N3O2/c13-11-4-1-7(6-14-11)12(16)15-9-5-8-2-3-10(9)17-8/h1,4,6,8-10H,2-3,5H2,(H2,13,14)(H,15,16). The SMILES string of the molecule is Nc1ccc(C(=O)NC2CC3CCC2O3)cn1. The average molecular weight is 233 g/mol. The number of hydrogen-bond donors (Lipinski definition) is 2. The number of nitrogens with zero attached hydrogens (tertiary/aromatic N) is 1. The van der Waals surface area contributed by atoms with Gasteiger partial charge in [0.2, 0.25) is 0 Å². The molecule has 5 nitrogen and oxygen atoms in total. The second-order valence-electron chi connectivity index (χ2n) is 4.66. The summed E-state index contributed by atoms with van der Waals surface area (Å²) in [6, 6.07) is 3.47. The Bertz CT molecular complexity index is 432. The van der Waals surface area contributed by atoms with Gasteiger partial charge in [-0.05, 0) is 31.4 Å². The van der Waals surface area contributed by atoms with E-state index in [-0.39, 0.29) is 18.1 Å². The van der Waals surface area contributed by atoms with Crippen LogP contribution in [0.25, 0.3) is 0 Å². The van der Waals surface area contributed by atoms with E-state index in [4.69, 9.17) is 10.5 Å². The number of fused-ring (bicyclic) bond motifs is 2. The lowest BCUT2D eigenvalue weighted by Gasteiger charge is -2.19. The summed E-state index contributed by atoms with van der Waals surface area (Å²) in [5, 5.41) is 3.00. The fraction of sp³-hybridized carbons (Fsp3) is 0.500. The van der Waals surface area contributed by atoms with E-state index in [0.717, 1.165) is 19.3 Å². The number of rotatable bonds is 2. The van der Waals surface area contributed by atoms with Gasteiger partial charge in [-0.15, -0.1) is 0 Å². The number of nitrogen functional groups attached to an aromatic ring is 1. The predicted octanol–water partition coefficient (Wildman–Crippen LogP) is 0.714. The van der Waals surface area contributed by atoms with Crippen LogP contribution < -0.4 is 11.1 Å². The maximum absolute atomic E-state index is 11.9. The Hall–Kier alpha value is -1.62. The Kier molecular flexibility index (Phi) is 2.48. The molecule has 2 fully saturated rings. The first-order chi connectivity index (χ1) is 8.22. The zero-order chi connectivity index (χ0) is 11.8. The van der Waals surface area contributed by atoms with Crippen molar-refractivity contribution in [1.29, 1.82) is 0 Å². The summed E-state index contributed by atoms with van der Waals surface area (Å²) in [4.78, 5) is 15.8. The third kappa shape index (κ3) is 1.98. The summed E-state index contributed by atoms with van der Waals surface area (Å²) in [5.74, 6) is 0.323. The lowest BCUT2D eigenvalue weighted by atomic mass is 9.95. The molecule has 3 atom stereocenters. The summed E-state index contributed by atoms with van der Waals surface area (Å²) in [6.45, 7) is 0. The van der Waals surface area contributed by atoms with Gasteiger partial charge in [0.15, 0.2) is 0 Å². The van der Waals surface area contributed by atoms with Gasteiger partial charge in [-0.3, -0.25) is 4.79 Å². The van der Waals surface area contributed by atoms with Gasteiger partial charge in [-0.1, -0.05) is 0 Å².